The maximum Gasteiger partial charge on any atom is 0.0622 e. The topological polar surface area (TPSA) is 38.5 Å². The first-order valence-electron chi connectivity index (χ1n) is 3.93. The Bertz CT molecular complexity index is 117. The second kappa shape index (κ2) is 2.49. The number of nitrogens with two attached hydrogens (primary N) is 1. The molecule has 2 rings (SSSR count). The van der Waals surface area contributed by atoms with Crippen LogP contribution in [0, 0.1) is 0 Å². The summed E-state index contributed by atoms with van der Waals surface area (Å²) < 4.78 is 5.27. The Hall–Kier alpha value is -0.120. The SMILES string of the molecule is NC1CN([C@@H]2CCOC2)C1. The third-order valence-corrected chi connectivity index (χ3v) is 2.36. The predicted molar refractivity (Wildman–Crippen MR) is 38.8 cm³/mol. The molecule has 1 atom stereocenters. The van der Waals surface area contributed by atoms with E-state index >= 15 is 0 Å². The molecular weight excluding hydrogens is 128 g/mol. The molecule has 58 valence electrons. The molecule has 2 aliphatic rings. The number of rotatable bonds is 1. The molecule has 0 spiro atoms. The first-order valence-corrected chi connectivity index (χ1v) is 3.93. The minimum absolute atomic E-state index is 0.431. The minimum atomic E-state index is 0.431. The molecule has 2 N–H and O–H groups in total. The highest BCUT2D eigenvalue weighted by Gasteiger charge is 2.31. The minimum Gasteiger partial charge on any atom is -0.380 e. The van der Waals surface area contributed by atoms with Gasteiger partial charge in [0.05, 0.1) is 6.61 Å². The van der Waals surface area contributed by atoms with E-state index in [2.05, 4.69) is 4.90 Å². The van der Waals surface area contributed by atoms with Gasteiger partial charge in [-0.05, 0) is 6.42 Å². The third-order valence-electron chi connectivity index (χ3n) is 2.36. The lowest BCUT2D eigenvalue weighted by molar-refractivity contribution is 0.0798. The number of ether oxygens (including phenoxy) is 1. The number of likely N-dealkylation sites (tertiary alicyclic amines) is 1. The summed E-state index contributed by atoms with van der Waals surface area (Å²) >= 11 is 0. The summed E-state index contributed by atoms with van der Waals surface area (Å²) in [4.78, 5) is 2.41. The average Bonchev–Trinajstić information content (AvgIpc) is 2.31. The lowest BCUT2D eigenvalue weighted by atomic mass is 10.1. The molecule has 3 nitrogen and oxygen atoms in total. The van der Waals surface area contributed by atoms with Crippen LogP contribution < -0.4 is 5.73 Å². The maximum atomic E-state index is 5.65. The van der Waals surface area contributed by atoms with Crippen LogP contribution in [0.15, 0.2) is 0 Å². The van der Waals surface area contributed by atoms with Gasteiger partial charge in [-0.25, -0.2) is 0 Å². The van der Waals surface area contributed by atoms with E-state index in [0.717, 1.165) is 26.3 Å². The van der Waals surface area contributed by atoms with Crippen molar-refractivity contribution in [1.82, 2.24) is 4.90 Å². The van der Waals surface area contributed by atoms with E-state index in [1.807, 2.05) is 0 Å². The summed E-state index contributed by atoms with van der Waals surface area (Å²) in [7, 11) is 0. The number of hydrogen-bond acceptors (Lipinski definition) is 3. The molecule has 0 aromatic carbocycles. The summed E-state index contributed by atoms with van der Waals surface area (Å²) in [6.07, 6.45) is 1.20. The van der Waals surface area contributed by atoms with Gasteiger partial charge in [-0.15, -0.1) is 0 Å². The maximum absolute atomic E-state index is 5.65. The molecule has 10 heavy (non-hydrogen) atoms. The van der Waals surface area contributed by atoms with Crippen LogP contribution in [0.1, 0.15) is 6.42 Å². The summed E-state index contributed by atoms with van der Waals surface area (Å²) in [5.41, 5.74) is 5.65. The Morgan fingerprint density at radius 3 is 2.70 bits per heavy atom. The monoisotopic (exact) mass is 142 g/mol. The largest absolute Gasteiger partial charge is 0.380 e. The van der Waals surface area contributed by atoms with E-state index in [1.165, 1.54) is 6.42 Å². The molecule has 0 aromatic rings. The van der Waals surface area contributed by atoms with Crippen LogP contribution in [0.5, 0.6) is 0 Å². The molecule has 0 aromatic heterocycles. The van der Waals surface area contributed by atoms with Crippen molar-refractivity contribution >= 4 is 0 Å². The Morgan fingerprint density at radius 2 is 2.20 bits per heavy atom. The summed E-state index contributed by atoms with van der Waals surface area (Å²) in [6, 6.07) is 1.11. The van der Waals surface area contributed by atoms with Gasteiger partial charge in [-0.2, -0.15) is 0 Å². The Balaban J connectivity index is 1.78. The van der Waals surface area contributed by atoms with Gasteiger partial charge in [0.25, 0.3) is 0 Å². The van der Waals surface area contributed by atoms with Crippen LogP contribution in [0.2, 0.25) is 0 Å². The fourth-order valence-corrected chi connectivity index (χ4v) is 1.66. The quantitative estimate of drug-likeness (QED) is 0.532. The highest BCUT2D eigenvalue weighted by molar-refractivity contribution is 4.89. The second-order valence-corrected chi connectivity index (χ2v) is 3.23. The van der Waals surface area contributed by atoms with Gasteiger partial charge < -0.3 is 10.5 Å². The van der Waals surface area contributed by atoms with Gasteiger partial charge in [-0.1, -0.05) is 0 Å². The van der Waals surface area contributed by atoms with Crippen molar-refractivity contribution < 1.29 is 4.74 Å². The Morgan fingerprint density at radius 1 is 1.40 bits per heavy atom. The summed E-state index contributed by atoms with van der Waals surface area (Å²) in [6.45, 7) is 4.02. The highest BCUT2D eigenvalue weighted by atomic mass is 16.5. The van der Waals surface area contributed by atoms with Gasteiger partial charge >= 0.3 is 0 Å². The van der Waals surface area contributed by atoms with Crippen LogP contribution in [-0.4, -0.2) is 43.3 Å². The average molecular weight is 142 g/mol. The first-order chi connectivity index (χ1) is 4.86. The molecular formula is C7H14N2O. The zero-order chi connectivity index (χ0) is 6.97. The fourth-order valence-electron chi connectivity index (χ4n) is 1.66. The molecule has 3 heteroatoms. The Kier molecular flexibility index (Phi) is 1.64. The summed E-state index contributed by atoms with van der Waals surface area (Å²) in [5, 5.41) is 0. The first kappa shape index (κ1) is 6.58. The van der Waals surface area contributed by atoms with E-state index in [0.29, 0.717) is 12.1 Å². The van der Waals surface area contributed by atoms with Crippen molar-refractivity contribution in [3.8, 4) is 0 Å². The molecule has 0 bridgehead atoms. The molecule has 0 radical (unpaired) electrons. The van der Waals surface area contributed by atoms with E-state index in [1.54, 1.807) is 0 Å². The van der Waals surface area contributed by atoms with Crippen molar-refractivity contribution in [3.05, 3.63) is 0 Å². The van der Waals surface area contributed by atoms with Crippen LogP contribution in [0.25, 0.3) is 0 Å². The smallest absolute Gasteiger partial charge is 0.0622 e. The number of hydrogen-bond donors (Lipinski definition) is 1. The molecule has 2 aliphatic heterocycles. The van der Waals surface area contributed by atoms with Crippen LogP contribution in [0.4, 0.5) is 0 Å². The molecule has 0 unspecified atom stereocenters. The normalized spacial score (nSPS) is 36.3. The van der Waals surface area contributed by atoms with Crippen LogP contribution in [0.3, 0.4) is 0 Å². The molecule has 0 aliphatic carbocycles. The zero-order valence-corrected chi connectivity index (χ0v) is 6.12. The van der Waals surface area contributed by atoms with E-state index in [4.69, 9.17) is 10.5 Å². The second-order valence-electron chi connectivity index (χ2n) is 3.23. The van der Waals surface area contributed by atoms with Gasteiger partial charge in [-0.3, -0.25) is 4.90 Å². The standard InChI is InChI=1S/C7H14N2O/c8-6-3-9(4-6)7-1-2-10-5-7/h6-7H,1-5,8H2/t7-/m1/s1. The highest BCUT2D eigenvalue weighted by Crippen LogP contribution is 2.17. The summed E-state index contributed by atoms with van der Waals surface area (Å²) in [5.74, 6) is 0. The van der Waals surface area contributed by atoms with Crippen molar-refractivity contribution in [2.45, 2.75) is 18.5 Å². The predicted octanol–water partition coefficient (Wildman–Crippen LogP) is -0.582. The molecule has 0 amide bonds. The van der Waals surface area contributed by atoms with E-state index in [-0.39, 0.29) is 0 Å². The lowest BCUT2D eigenvalue weighted by Crippen LogP contribution is -2.59. The fraction of sp³-hybridized carbons (Fsp3) is 1.00. The van der Waals surface area contributed by atoms with Gasteiger partial charge in [0.15, 0.2) is 0 Å². The van der Waals surface area contributed by atoms with Crippen molar-refractivity contribution in [1.29, 1.82) is 0 Å². The van der Waals surface area contributed by atoms with Gasteiger partial charge in [0.1, 0.15) is 0 Å². The molecule has 0 saturated carbocycles. The molecule has 2 saturated heterocycles. The number of nitrogens with zero attached hydrogens (tertiary/aromatic N) is 1. The van der Waals surface area contributed by atoms with Gasteiger partial charge in [0, 0.05) is 31.8 Å². The lowest BCUT2D eigenvalue weighted by Gasteiger charge is -2.40. The van der Waals surface area contributed by atoms with E-state index in [9.17, 15) is 0 Å². The molecule has 2 fully saturated rings. The van der Waals surface area contributed by atoms with Crippen LogP contribution in [-0.2, 0) is 4.74 Å². The van der Waals surface area contributed by atoms with Crippen molar-refractivity contribution in [3.63, 3.8) is 0 Å². The molecule has 2 heterocycles. The Labute approximate surface area is 61.1 Å². The van der Waals surface area contributed by atoms with Crippen LogP contribution >= 0.6 is 0 Å². The third kappa shape index (κ3) is 1.05. The van der Waals surface area contributed by atoms with Crippen molar-refractivity contribution in [2.24, 2.45) is 5.73 Å². The van der Waals surface area contributed by atoms with Crippen molar-refractivity contribution in [2.75, 3.05) is 26.3 Å². The van der Waals surface area contributed by atoms with E-state index < -0.39 is 0 Å². The zero-order valence-electron chi connectivity index (χ0n) is 6.12. The van der Waals surface area contributed by atoms with Gasteiger partial charge in [0.2, 0.25) is 0 Å².